The van der Waals surface area contributed by atoms with Gasteiger partial charge in [-0.3, -0.25) is 9.69 Å². The monoisotopic (exact) mass is 406 g/mol. The Labute approximate surface area is 165 Å². The average Bonchev–Trinajstić information content (AvgIpc) is 2.99. The first kappa shape index (κ1) is 22.9. The van der Waals surface area contributed by atoms with Crippen molar-refractivity contribution in [1.82, 2.24) is 10.2 Å². The molecule has 8 nitrogen and oxygen atoms in total. The summed E-state index contributed by atoms with van der Waals surface area (Å²) >= 11 is 1.20. The largest absolute Gasteiger partial charge is 0.391 e. The molecule has 2 fully saturated rings. The molecule has 158 valence electrons. The van der Waals surface area contributed by atoms with Gasteiger partial charge in [-0.15, -0.1) is 11.8 Å². The Morgan fingerprint density at radius 2 is 1.96 bits per heavy atom. The van der Waals surface area contributed by atoms with Gasteiger partial charge in [0.05, 0.1) is 18.2 Å². The zero-order valence-electron chi connectivity index (χ0n) is 16.5. The van der Waals surface area contributed by atoms with Gasteiger partial charge >= 0.3 is 0 Å². The molecule has 5 N–H and O–H groups in total. The predicted octanol–water partition coefficient (Wildman–Crippen LogP) is -0.857. The molecule has 0 saturated carbocycles. The van der Waals surface area contributed by atoms with E-state index in [-0.39, 0.29) is 11.9 Å². The number of amides is 1. The standard InChI is InChI=1S/C18H34N2O6S/c1-5-6-10-7-11(20(3)8-10)17(25)19-12(9(2)21)16-14(23)13(22)15(24)18(26-16)27-4/h9-16,18,21-24H,5-8H2,1-4H3,(H,19,25)/t9-,10+,11-,12-,13+,14-,15-,16-,18-/m1/s1. The van der Waals surface area contributed by atoms with E-state index in [1.54, 1.807) is 6.26 Å². The lowest BCUT2D eigenvalue weighted by molar-refractivity contribution is -0.211. The maximum absolute atomic E-state index is 12.8. The van der Waals surface area contributed by atoms with Crippen LogP contribution in [0, 0.1) is 5.92 Å². The van der Waals surface area contributed by atoms with E-state index in [2.05, 4.69) is 12.2 Å². The number of hydrogen-bond donors (Lipinski definition) is 5. The highest BCUT2D eigenvalue weighted by Crippen LogP contribution is 2.30. The van der Waals surface area contributed by atoms with Crippen LogP contribution in [0.15, 0.2) is 0 Å². The number of rotatable bonds is 7. The van der Waals surface area contributed by atoms with Crippen LogP contribution in [0.2, 0.25) is 0 Å². The van der Waals surface area contributed by atoms with Crippen molar-refractivity contribution in [3.63, 3.8) is 0 Å². The van der Waals surface area contributed by atoms with Gasteiger partial charge in [0.1, 0.15) is 29.9 Å². The molecule has 0 spiro atoms. The van der Waals surface area contributed by atoms with Crippen LogP contribution in [-0.4, -0.2) is 99.1 Å². The normalized spacial score (nSPS) is 39.9. The van der Waals surface area contributed by atoms with Crippen molar-refractivity contribution in [2.75, 3.05) is 19.8 Å². The van der Waals surface area contributed by atoms with Gasteiger partial charge in [-0.25, -0.2) is 0 Å². The van der Waals surface area contributed by atoms with Gasteiger partial charge in [0, 0.05) is 6.54 Å². The molecule has 27 heavy (non-hydrogen) atoms. The number of carbonyl (C=O) groups is 1. The van der Waals surface area contributed by atoms with Crippen LogP contribution in [0.25, 0.3) is 0 Å². The maximum Gasteiger partial charge on any atom is 0.237 e. The van der Waals surface area contributed by atoms with Crippen molar-refractivity contribution in [2.24, 2.45) is 5.92 Å². The highest BCUT2D eigenvalue weighted by atomic mass is 32.2. The van der Waals surface area contributed by atoms with Gasteiger partial charge in [0.2, 0.25) is 5.91 Å². The Bertz CT molecular complexity index is 494. The smallest absolute Gasteiger partial charge is 0.237 e. The Balaban J connectivity index is 2.09. The van der Waals surface area contributed by atoms with Gasteiger partial charge in [-0.05, 0) is 39.0 Å². The van der Waals surface area contributed by atoms with Crippen molar-refractivity contribution >= 4 is 17.7 Å². The van der Waals surface area contributed by atoms with Crippen molar-refractivity contribution in [3.8, 4) is 0 Å². The molecular formula is C18H34N2O6S. The molecule has 0 aromatic carbocycles. The van der Waals surface area contributed by atoms with Crippen molar-refractivity contribution < 1.29 is 30.0 Å². The molecule has 0 bridgehead atoms. The number of aliphatic hydroxyl groups is 4. The molecule has 2 aliphatic rings. The fourth-order valence-corrected chi connectivity index (χ4v) is 4.81. The summed E-state index contributed by atoms with van der Waals surface area (Å²) in [6.45, 7) is 4.48. The van der Waals surface area contributed by atoms with E-state index in [1.165, 1.54) is 18.7 Å². The highest BCUT2D eigenvalue weighted by Gasteiger charge is 2.48. The number of hydrogen-bond acceptors (Lipinski definition) is 8. The van der Waals surface area contributed by atoms with Crippen LogP contribution in [0.5, 0.6) is 0 Å². The predicted molar refractivity (Wildman–Crippen MR) is 103 cm³/mol. The first-order valence-corrected chi connectivity index (χ1v) is 10.9. The van der Waals surface area contributed by atoms with Crippen LogP contribution in [-0.2, 0) is 9.53 Å². The summed E-state index contributed by atoms with van der Waals surface area (Å²) in [5, 5.41) is 43.5. The first-order valence-electron chi connectivity index (χ1n) is 9.62. The minimum atomic E-state index is -1.42. The molecular weight excluding hydrogens is 372 g/mol. The molecule has 0 aliphatic carbocycles. The average molecular weight is 407 g/mol. The molecule has 0 aromatic rings. The summed E-state index contributed by atoms with van der Waals surface area (Å²) in [5.41, 5.74) is -0.755. The summed E-state index contributed by atoms with van der Waals surface area (Å²) < 4.78 is 5.72. The molecule has 0 radical (unpaired) electrons. The third kappa shape index (κ3) is 5.14. The Morgan fingerprint density at radius 1 is 1.30 bits per heavy atom. The lowest BCUT2D eigenvalue weighted by Crippen LogP contribution is -2.65. The van der Waals surface area contributed by atoms with E-state index in [1.807, 2.05) is 11.9 Å². The van der Waals surface area contributed by atoms with E-state index in [0.717, 1.165) is 25.8 Å². The second-order valence-electron chi connectivity index (χ2n) is 7.80. The van der Waals surface area contributed by atoms with Crippen molar-refractivity contribution in [3.05, 3.63) is 0 Å². The lowest BCUT2D eigenvalue weighted by Gasteiger charge is -2.44. The molecule has 2 saturated heterocycles. The SMILES string of the molecule is CCC[C@H]1C[C@H](C(=O)N[C@@H]([C@H]2O[C@H](SC)[C@H](O)[C@@H](O)[C@H]2O)[C@@H](C)O)N(C)C1. The van der Waals surface area contributed by atoms with E-state index in [0.29, 0.717) is 5.92 Å². The van der Waals surface area contributed by atoms with Gasteiger partial charge < -0.3 is 30.5 Å². The van der Waals surface area contributed by atoms with Gasteiger partial charge in [0.25, 0.3) is 0 Å². The molecule has 2 rings (SSSR count). The van der Waals surface area contributed by atoms with E-state index in [9.17, 15) is 25.2 Å². The highest BCUT2D eigenvalue weighted by molar-refractivity contribution is 7.99. The summed E-state index contributed by atoms with van der Waals surface area (Å²) in [6, 6.07) is -1.20. The summed E-state index contributed by atoms with van der Waals surface area (Å²) in [6.07, 6.45) is -1.50. The zero-order chi connectivity index (χ0) is 20.3. The van der Waals surface area contributed by atoms with Crippen LogP contribution in [0.3, 0.4) is 0 Å². The van der Waals surface area contributed by atoms with E-state index < -0.39 is 42.0 Å². The number of likely N-dealkylation sites (tertiary alicyclic amines) is 1. The first-order chi connectivity index (χ1) is 12.7. The molecule has 1 amide bonds. The summed E-state index contributed by atoms with van der Waals surface area (Å²) in [5.74, 6) is 0.245. The van der Waals surface area contributed by atoms with Gasteiger partial charge in [-0.1, -0.05) is 13.3 Å². The number of aliphatic hydroxyl groups excluding tert-OH is 4. The Kier molecular flexibility index (Phi) is 8.35. The molecule has 2 heterocycles. The van der Waals surface area contributed by atoms with Crippen molar-refractivity contribution in [1.29, 1.82) is 0 Å². The number of nitrogens with one attached hydrogen (secondary N) is 1. The van der Waals surface area contributed by atoms with Crippen LogP contribution < -0.4 is 5.32 Å². The van der Waals surface area contributed by atoms with Crippen LogP contribution >= 0.6 is 11.8 Å². The van der Waals surface area contributed by atoms with Crippen molar-refractivity contribution in [2.45, 2.75) is 81.1 Å². The number of likely N-dealkylation sites (N-methyl/N-ethyl adjacent to an activating group) is 1. The number of thioether (sulfide) groups is 1. The molecule has 0 aromatic heterocycles. The lowest BCUT2D eigenvalue weighted by atomic mass is 9.92. The molecule has 0 unspecified atom stereocenters. The van der Waals surface area contributed by atoms with Gasteiger partial charge in [-0.2, -0.15) is 0 Å². The van der Waals surface area contributed by atoms with E-state index in [4.69, 9.17) is 4.74 Å². The zero-order valence-corrected chi connectivity index (χ0v) is 17.3. The molecule has 9 heteroatoms. The number of carbonyl (C=O) groups excluding carboxylic acids is 1. The topological polar surface area (TPSA) is 122 Å². The third-order valence-corrected chi connectivity index (χ3v) is 6.51. The fraction of sp³-hybridized carbons (Fsp3) is 0.944. The van der Waals surface area contributed by atoms with Crippen LogP contribution in [0.1, 0.15) is 33.1 Å². The minimum absolute atomic E-state index is 0.223. The fourth-order valence-electron chi connectivity index (χ4n) is 4.13. The second-order valence-corrected chi connectivity index (χ2v) is 8.73. The maximum atomic E-state index is 12.8. The Hall–Kier alpha value is -0.420. The van der Waals surface area contributed by atoms with Crippen LogP contribution in [0.4, 0.5) is 0 Å². The molecule has 2 aliphatic heterocycles. The number of ether oxygens (including phenoxy) is 1. The molecule has 9 atom stereocenters. The summed E-state index contributed by atoms with van der Waals surface area (Å²) in [7, 11) is 1.91. The third-order valence-electron chi connectivity index (χ3n) is 5.66. The Morgan fingerprint density at radius 3 is 2.52 bits per heavy atom. The second kappa shape index (κ2) is 9.87. The minimum Gasteiger partial charge on any atom is -0.391 e. The quantitative estimate of drug-likeness (QED) is 0.370. The number of nitrogens with zero attached hydrogens (tertiary/aromatic N) is 1. The van der Waals surface area contributed by atoms with E-state index >= 15 is 0 Å². The van der Waals surface area contributed by atoms with Gasteiger partial charge in [0.15, 0.2) is 0 Å². The summed E-state index contributed by atoms with van der Waals surface area (Å²) in [4.78, 5) is 14.9.